The summed E-state index contributed by atoms with van der Waals surface area (Å²) in [5.41, 5.74) is 0. The third kappa shape index (κ3) is 9.39. The van der Waals surface area contributed by atoms with Gasteiger partial charge in [-0.1, -0.05) is 36.5 Å². The molecule has 18 heavy (non-hydrogen) atoms. The molecule has 110 valence electrons. The molecule has 0 heterocycles. The zero-order valence-corrected chi connectivity index (χ0v) is 14.6. The Hall–Kier alpha value is 1.47. The molecular weight excluding hydrogens is 341 g/mol. The van der Waals surface area contributed by atoms with E-state index >= 15 is 0 Å². The highest BCUT2D eigenvalue weighted by molar-refractivity contribution is 7.42. The van der Waals surface area contributed by atoms with E-state index in [0.717, 1.165) is 12.8 Å². The maximum Gasteiger partial charge on any atom is 0.336 e. The van der Waals surface area contributed by atoms with Gasteiger partial charge in [-0.15, -0.1) is 23.2 Å². The third-order valence-corrected chi connectivity index (χ3v) is 5.13. The van der Waals surface area contributed by atoms with E-state index < -0.39 is 18.7 Å². The highest BCUT2D eigenvalue weighted by Gasteiger charge is 2.33. The molecule has 0 amide bonds. The molecule has 0 aromatic heterocycles. The molecule has 0 saturated heterocycles. The molecule has 2 unspecified atom stereocenters. The van der Waals surface area contributed by atoms with Gasteiger partial charge in [0.1, 0.15) is 0 Å². The van der Waals surface area contributed by atoms with Gasteiger partial charge < -0.3 is 4.52 Å². The second-order valence-corrected chi connectivity index (χ2v) is 7.27. The summed E-state index contributed by atoms with van der Waals surface area (Å²) in [6.45, 7) is 5.83. The van der Waals surface area contributed by atoms with Crippen molar-refractivity contribution >= 4 is 55.0 Å². The predicted molar refractivity (Wildman–Crippen MR) is 79.9 cm³/mol. The molecule has 0 aliphatic rings. The Morgan fingerprint density at radius 3 is 1.78 bits per heavy atom. The van der Waals surface area contributed by atoms with Gasteiger partial charge >= 0.3 is 8.60 Å². The summed E-state index contributed by atoms with van der Waals surface area (Å²) in [6, 6.07) is 0. The molecule has 0 radical (unpaired) electrons. The Morgan fingerprint density at radius 2 is 1.44 bits per heavy atom. The average Bonchev–Trinajstić information content (AvgIpc) is 2.28. The lowest BCUT2D eigenvalue weighted by Gasteiger charge is -2.29. The van der Waals surface area contributed by atoms with Crippen LogP contribution in [0.2, 0.25) is 0 Å². The first-order valence-corrected chi connectivity index (χ1v) is 8.49. The van der Waals surface area contributed by atoms with Crippen molar-refractivity contribution in [3.8, 4) is 0 Å². The molecule has 0 rings (SSSR count). The molecule has 0 aromatic carbocycles. The second-order valence-electron chi connectivity index (χ2n) is 4.06. The highest BCUT2D eigenvalue weighted by Crippen LogP contribution is 2.49. The number of rotatable bonds is 10. The quantitative estimate of drug-likeness (QED) is 0.295. The van der Waals surface area contributed by atoms with E-state index in [1.807, 2.05) is 0 Å². The highest BCUT2D eigenvalue weighted by atomic mass is 35.5. The first-order chi connectivity index (χ1) is 8.26. The van der Waals surface area contributed by atoms with Gasteiger partial charge in [0.05, 0.1) is 18.4 Å². The molecule has 0 spiro atoms. The first-order valence-electron chi connectivity index (χ1n) is 5.57. The smallest absolute Gasteiger partial charge is 0.312 e. The topological polar surface area (TPSA) is 27.7 Å². The van der Waals surface area contributed by atoms with E-state index in [2.05, 4.69) is 6.92 Å². The van der Waals surface area contributed by atoms with Gasteiger partial charge in [0.2, 0.25) is 0 Å². The molecule has 0 N–H and O–H groups in total. The Morgan fingerprint density at radius 1 is 1.00 bits per heavy atom. The maximum atomic E-state index is 6.03. The minimum atomic E-state index is -1.69. The third-order valence-electron chi connectivity index (χ3n) is 1.70. The molecule has 0 aliphatic heterocycles. The first kappa shape index (κ1) is 19.5. The van der Waals surface area contributed by atoms with Gasteiger partial charge in [0.25, 0.3) is 0 Å². The molecule has 0 aliphatic carbocycles. The molecule has 0 fully saturated rings. The fourth-order valence-electron chi connectivity index (χ4n) is 0.714. The lowest BCUT2D eigenvalue weighted by molar-refractivity contribution is 0.0837. The molecule has 0 saturated carbocycles. The van der Waals surface area contributed by atoms with Crippen LogP contribution >= 0.6 is 55.0 Å². The SMILES string of the molecule is CCCCOP(OC(C)(Cl)CCl)OC(C)(Cl)CCl. The minimum Gasteiger partial charge on any atom is -0.312 e. The van der Waals surface area contributed by atoms with Crippen LogP contribution in [0.15, 0.2) is 0 Å². The number of halogens is 4. The monoisotopic (exact) mass is 358 g/mol. The Bertz CT molecular complexity index is 211. The van der Waals surface area contributed by atoms with Gasteiger partial charge in [-0.3, -0.25) is 9.05 Å². The van der Waals surface area contributed by atoms with Gasteiger partial charge in [0, 0.05) is 0 Å². The zero-order valence-electron chi connectivity index (χ0n) is 10.7. The number of alkyl halides is 4. The van der Waals surface area contributed by atoms with E-state index in [1.54, 1.807) is 13.8 Å². The predicted octanol–water partition coefficient (Wildman–Crippen LogP) is 5.45. The van der Waals surface area contributed by atoms with E-state index in [9.17, 15) is 0 Å². The van der Waals surface area contributed by atoms with E-state index in [1.165, 1.54) is 0 Å². The van der Waals surface area contributed by atoms with Crippen LogP contribution in [-0.4, -0.2) is 28.5 Å². The van der Waals surface area contributed by atoms with Crippen LogP contribution in [0, 0.1) is 0 Å². The lowest BCUT2D eigenvalue weighted by Crippen LogP contribution is -2.26. The summed E-state index contributed by atoms with van der Waals surface area (Å²) in [5.74, 6) is 0.210. The number of hydrogen-bond donors (Lipinski definition) is 0. The molecule has 0 bridgehead atoms. The molecule has 8 heteroatoms. The van der Waals surface area contributed by atoms with Crippen molar-refractivity contribution < 1.29 is 13.6 Å². The fourth-order valence-corrected chi connectivity index (χ4v) is 2.49. The zero-order chi connectivity index (χ0) is 14.2. The molecular formula is C10H19Cl4O3P. The molecule has 2 atom stereocenters. The van der Waals surface area contributed by atoms with E-state index in [0.29, 0.717) is 6.61 Å². The Kier molecular flexibility index (Phi) is 10.2. The summed E-state index contributed by atoms with van der Waals surface area (Å²) < 4.78 is 16.5. The Balaban J connectivity index is 4.42. The maximum absolute atomic E-state index is 6.03. The van der Waals surface area contributed by atoms with E-state index in [4.69, 9.17) is 60.0 Å². The fraction of sp³-hybridized carbons (Fsp3) is 1.00. The summed E-state index contributed by atoms with van der Waals surface area (Å²) in [6.07, 6.45) is 1.90. The van der Waals surface area contributed by atoms with Crippen LogP contribution < -0.4 is 0 Å². The van der Waals surface area contributed by atoms with Gasteiger partial charge in [-0.2, -0.15) is 0 Å². The van der Waals surface area contributed by atoms with Crippen LogP contribution in [0.5, 0.6) is 0 Å². The Labute approximate surface area is 130 Å². The van der Waals surface area contributed by atoms with E-state index in [-0.39, 0.29) is 11.8 Å². The van der Waals surface area contributed by atoms with Crippen LogP contribution in [0.4, 0.5) is 0 Å². The summed E-state index contributed by atoms with van der Waals surface area (Å²) in [4.78, 5) is 0. The minimum absolute atomic E-state index is 0.105. The summed E-state index contributed by atoms with van der Waals surface area (Å²) >= 11 is 23.4. The van der Waals surface area contributed by atoms with Crippen LogP contribution in [0.25, 0.3) is 0 Å². The largest absolute Gasteiger partial charge is 0.336 e. The van der Waals surface area contributed by atoms with Crippen molar-refractivity contribution in [2.24, 2.45) is 0 Å². The van der Waals surface area contributed by atoms with Crippen LogP contribution in [0.3, 0.4) is 0 Å². The van der Waals surface area contributed by atoms with Gasteiger partial charge in [-0.25, -0.2) is 0 Å². The molecule has 0 aromatic rings. The van der Waals surface area contributed by atoms with Crippen LogP contribution in [0.1, 0.15) is 33.6 Å². The normalized spacial score (nSPS) is 20.2. The summed E-state index contributed by atoms with van der Waals surface area (Å²) in [5, 5.41) is -2.11. The summed E-state index contributed by atoms with van der Waals surface area (Å²) in [7, 11) is -1.69. The standard InChI is InChI=1S/C10H19Cl4O3P/c1-4-5-6-15-18(16-9(2,13)7-11)17-10(3,14)8-12/h4-8H2,1-3H3. The van der Waals surface area contributed by atoms with Crippen molar-refractivity contribution in [2.75, 3.05) is 18.4 Å². The average molecular weight is 360 g/mol. The van der Waals surface area contributed by atoms with Crippen molar-refractivity contribution in [2.45, 2.75) is 43.7 Å². The second kappa shape index (κ2) is 9.41. The van der Waals surface area contributed by atoms with Crippen molar-refractivity contribution in [3.05, 3.63) is 0 Å². The van der Waals surface area contributed by atoms with Crippen molar-refractivity contribution in [3.63, 3.8) is 0 Å². The van der Waals surface area contributed by atoms with Crippen molar-refractivity contribution in [1.82, 2.24) is 0 Å². The van der Waals surface area contributed by atoms with Gasteiger partial charge in [0.15, 0.2) is 10.1 Å². The van der Waals surface area contributed by atoms with Gasteiger partial charge in [-0.05, 0) is 20.3 Å². The lowest BCUT2D eigenvalue weighted by atomic mass is 10.4. The molecule has 3 nitrogen and oxygen atoms in total. The number of hydrogen-bond acceptors (Lipinski definition) is 3. The number of unbranched alkanes of at least 4 members (excludes halogenated alkanes) is 1. The van der Waals surface area contributed by atoms with Crippen molar-refractivity contribution in [1.29, 1.82) is 0 Å². The van der Waals surface area contributed by atoms with Crippen LogP contribution in [-0.2, 0) is 13.6 Å².